The third-order valence-electron chi connectivity index (χ3n) is 3.06. The highest BCUT2D eigenvalue weighted by molar-refractivity contribution is 5.42. The number of nitrogens with two attached hydrogens (primary N) is 1. The first-order chi connectivity index (χ1) is 7.56. The zero-order valence-electron chi connectivity index (χ0n) is 9.81. The van der Waals surface area contributed by atoms with E-state index in [9.17, 15) is 4.79 Å². The molecule has 1 aromatic heterocycles. The van der Waals surface area contributed by atoms with E-state index in [2.05, 4.69) is 11.9 Å². The van der Waals surface area contributed by atoms with Crippen LogP contribution in [0.25, 0.3) is 0 Å². The van der Waals surface area contributed by atoms with Crippen molar-refractivity contribution in [3.05, 3.63) is 22.7 Å². The van der Waals surface area contributed by atoms with Crippen molar-refractivity contribution in [2.24, 2.45) is 12.8 Å². The van der Waals surface area contributed by atoms with E-state index in [1.807, 2.05) is 4.90 Å². The molecule has 2 N–H and O–H groups in total. The Morgan fingerprint density at radius 2 is 2.25 bits per heavy atom. The molecule has 0 unspecified atom stereocenters. The Balaban J connectivity index is 2.13. The van der Waals surface area contributed by atoms with Gasteiger partial charge in [-0.25, -0.2) is 4.98 Å². The molecule has 0 aliphatic carbocycles. The minimum absolute atomic E-state index is 0.0546. The summed E-state index contributed by atoms with van der Waals surface area (Å²) in [5.41, 5.74) is 5.97. The van der Waals surface area contributed by atoms with Crippen molar-refractivity contribution in [1.82, 2.24) is 9.55 Å². The number of hydrogen-bond acceptors (Lipinski definition) is 4. The van der Waals surface area contributed by atoms with Crippen LogP contribution >= 0.6 is 0 Å². The minimum atomic E-state index is -0.128. The zero-order chi connectivity index (χ0) is 11.8. The van der Waals surface area contributed by atoms with E-state index in [-0.39, 0.29) is 11.1 Å². The zero-order valence-corrected chi connectivity index (χ0v) is 9.81. The molecule has 2 rings (SSSR count). The second-order valence-corrected chi connectivity index (χ2v) is 4.64. The molecule has 0 bridgehead atoms. The third-order valence-corrected chi connectivity index (χ3v) is 3.06. The van der Waals surface area contributed by atoms with Gasteiger partial charge in [0.15, 0.2) is 5.82 Å². The second-order valence-electron chi connectivity index (χ2n) is 4.64. The summed E-state index contributed by atoms with van der Waals surface area (Å²) in [6.07, 6.45) is 5.38. The van der Waals surface area contributed by atoms with Crippen molar-refractivity contribution in [3.8, 4) is 0 Å². The van der Waals surface area contributed by atoms with Gasteiger partial charge in [-0.15, -0.1) is 0 Å². The summed E-state index contributed by atoms with van der Waals surface area (Å²) in [7, 11) is 1.73. The Hall–Kier alpha value is -1.36. The van der Waals surface area contributed by atoms with Gasteiger partial charge in [0.05, 0.1) is 5.54 Å². The molecular formula is C11H18N4O. The highest BCUT2D eigenvalue weighted by Gasteiger charge is 2.40. The molecule has 0 spiro atoms. The van der Waals surface area contributed by atoms with Crippen LogP contribution in [0.5, 0.6) is 0 Å². The Morgan fingerprint density at radius 1 is 1.56 bits per heavy atom. The smallest absolute Gasteiger partial charge is 0.293 e. The normalized spacial score (nSPS) is 18.3. The lowest BCUT2D eigenvalue weighted by molar-refractivity contribution is 0.305. The molecule has 0 amide bonds. The van der Waals surface area contributed by atoms with Crippen molar-refractivity contribution in [3.63, 3.8) is 0 Å². The van der Waals surface area contributed by atoms with Gasteiger partial charge in [0, 0.05) is 32.5 Å². The van der Waals surface area contributed by atoms with Crippen LogP contribution in [-0.4, -0.2) is 28.2 Å². The van der Waals surface area contributed by atoms with Gasteiger partial charge >= 0.3 is 0 Å². The summed E-state index contributed by atoms with van der Waals surface area (Å²) >= 11 is 0. The van der Waals surface area contributed by atoms with Gasteiger partial charge in [0.1, 0.15) is 0 Å². The number of anilines is 1. The van der Waals surface area contributed by atoms with Gasteiger partial charge in [-0.1, -0.05) is 13.3 Å². The average Bonchev–Trinajstić information content (AvgIpc) is 2.19. The molecule has 1 aliphatic rings. The van der Waals surface area contributed by atoms with Crippen LogP contribution in [0, 0.1) is 0 Å². The standard InChI is InChI=1S/C11H18N4O/c1-3-4-11(12)7-15(8-11)9-10(16)14(2)6-5-13-9/h5-6H,3-4,7-8,12H2,1-2H3. The minimum Gasteiger partial charge on any atom is -0.348 e. The number of aromatic nitrogens is 2. The maximum absolute atomic E-state index is 11.8. The first-order valence-corrected chi connectivity index (χ1v) is 5.61. The predicted molar refractivity (Wildman–Crippen MR) is 63.5 cm³/mol. The van der Waals surface area contributed by atoms with E-state index in [0.717, 1.165) is 25.9 Å². The Kier molecular flexibility index (Phi) is 2.71. The number of nitrogens with zero attached hydrogens (tertiary/aromatic N) is 3. The molecule has 1 aliphatic heterocycles. The first kappa shape index (κ1) is 11.1. The van der Waals surface area contributed by atoms with Crippen LogP contribution in [0.15, 0.2) is 17.2 Å². The SMILES string of the molecule is CCCC1(N)CN(c2nccn(C)c2=O)C1. The maximum atomic E-state index is 11.8. The van der Waals surface area contributed by atoms with Gasteiger partial charge in [-0.2, -0.15) is 0 Å². The van der Waals surface area contributed by atoms with Crippen LogP contribution in [0.3, 0.4) is 0 Å². The summed E-state index contributed by atoms with van der Waals surface area (Å²) in [6, 6.07) is 0. The molecule has 0 atom stereocenters. The molecule has 5 nitrogen and oxygen atoms in total. The van der Waals surface area contributed by atoms with Crippen molar-refractivity contribution >= 4 is 5.82 Å². The molecule has 2 heterocycles. The Labute approximate surface area is 94.9 Å². The summed E-state index contributed by atoms with van der Waals surface area (Å²) < 4.78 is 1.54. The molecule has 1 saturated heterocycles. The number of rotatable bonds is 3. The Bertz CT molecular complexity index is 434. The van der Waals surface area contributed by atoms with E-state index in [4.69, 9.17) is 5.73 Å². The quantitative estimate of drug-likeness (QED) is 0.787. The van der Waals surface area contributed by atoms with Crippen LogP contribution in [0.2, 0.25) is 0 Å². The van der Waals surface area contributed by atoms with Crippen LogP contribution in [-0.2, 0) is 7.05 Å². The van der Waals surface area contributed by atoms with Gasteiger partial charge in [0.2, 0.25) is 0 Å². The average molecular weight is 222 g/mol. The fourth-order valence-electron chi connectivity index (χ4n) is 2.22. The van der Waals surface area contributed by atoms with Gasteiger partial charge in [0.25, 0.3) is 5.56 Å². The molecule has 0 aromatic carbocycles. The molecule has 1 fully saturated rings. The van der Waals surface area contributed by atoms with Crippen molar-refractivity contribution in [1.29, 1.82) is 0 Å². The highest BCUT2D eigenvalue weighted by atomic mass is 16.1. The largest absolute Gasteiger partial charge is 0.348 e. The number of aryl methyl sites for hydroxylation is 1. The molecule has 5 heteroatoms. The monoisotopic (exact) mass is 222 g/mol. The molecule has 16 heavy (non-hydrogen) atoms. The lowest BCUT2D eigenvalue weighted by atomic mass is 9.86. The van der Waals surface area contributed by atoms with E-state index in [0.29, 0.717) is 5.82 Å². The molecular weight excluding hydrogens is 204 g/mol. The Morgan fingerprint density at radius 3 is 2.88 bits per heavy atom. The fraction of sp³-hybridized carbons (Fsp3) is 0.636. The maximum Gasteiger partial charge on any atom is 0.293 e. The lowest BCUT2D eigenvalue weighted by Gasteiger charge is -2.48. The van der Waals surface area contributed by atoms with E-state index in [1.165, 1.54) is 0 Å². The second kappa shape index (κ2) is 3.90. The van der Waals surface area contributed by atoms with Crippen molar-refractivity contribution in [2.75, 3.05) is 18.0 Å². The van der Waals surface area contributed by atoms with E-state index >= 15 is 0 Å². The van der Waals surface area contributed by atoms with E-state index < -0.39 is 0 Å². The van der Waals surface area contributed by atoms with Crippen molar-refractivity contribution in [2.45, 2.75) is 25.3 Å². The third kappa shape index (κ3) is 1.82. The fourth-order valence-corrected chi connectivity index (χ4v) is 2.22. The van der Waals surface area contributed by atoms with Gasteiger partial charge in [-0.05, 0) is 6.42 Å². The summed E-state index contributed by atoms with van der Waals surface area (Å²) in [4.78, 5) is 17.9. The molecule has 88 valence electrons. The van der Waals surface area contributed by atoms with Crippen molar-refractivity contribution < 1.29 is 0 Å². The molecule has 0 saturated carbocycles. The molecule has 0 radical (unpaired) electrons. The summed E-state index contributed by atoms with van der Waals surface area (Å²) in [5, 5.41) is 0. The van der Waals surface area contributed by atoms with E-state index in [1.54, 1.807) is 24.0 Å². The lowest BCUT2D eigenvalue weighted by Crippen LogP contribution is -2.68. The van der Waals surface area contributed by atoms with Crippen LogP contribution in [0.4, 0.5) is 5.82 Å². The number of hydrogen-bond donors (Lipinski definition) is 1. The van der Waals surface area contributed by atoms with Gasteiger partial charge in [-0.3, -0.25) is 4.79 Å². The highest BCUT2D eigenvalue weighted by Crippen LogP contribution is 2.25. The van der Waals surface area contributed by atoms with Crippen LogP contribution in [0.1, 0.15) is 19.8 Å². The van der Waals surface area contributed by atoms with Gasteiger partial charge < -0.3 is 15.2 Å². The topological polar surface area (TPSA) is 64.2 Å². The predicted octanol–water partition coefficient (Wildman–Crippen LogP) is 0.0979. The molecule has 1 aromatic rings. The summed E-state index contributed by atoms with van der Waals surface area (Å²) in [5.74, 6) is 0.516. The summed E-state index contributed by atoms with van der Waals surface area (Å²) in [6.45, 7) is 3.58. The first-order valence-electron chi connectivity index (χ1n) is 5.61. The van der Waals surface area contributed by atoms with Crippen LogP contribution < -0.4 is 16.2 Å².